The summed E-state index contributed by atoms with van der Waals surface area (Å²) in [5.41, 5.74) is 1.40. The van der Waals surface area contributed by atoms with Crippen molar-refractivity contribution in [2.24, 2.45) is 0 Å². The first-order chi connectivity index (χ1) is 15.1. The van der Waals surface area contributed by atoms with Crippen molar-refractivity contribution in [3.05, 3.63) is 16.3 Å². The molecule has 9 nitrogen and oxygen atoms in total. The molecule has 1 N–H and O–H groups in total. The number of hydrogen-bond acceptors (Lipinski definition) is 8. The molecular formula is C21H29N5O4S. The van der Waals surface area contributed by atoms with Gasteiger partial charge in [0.1, 0.15) is 23.8 Å². The summed E-state index contributed by atoms with van der Waals surface area (Å²) in [6, 6.07) is -0.242. The van der Waals surface area contributed by atoms with Crippen molar-refractivity contribution in [1.29, 1.82) is 0 Å². The Balaban J connectivity index is 1.50. The lowest BCUT2D eigenvalue weighted by molar-refractivity contribution is -0.141. The summed E-state index contributed by atoms with van der Waals surface area (Å²) in [7, 11) is 1.65. The summed E-state index contributed by atoms with van der Waals surface area (Å²) >= 11 is 1.78. The van der Waals surface area contributed by atoms with Crippen LogP contribution in [0.5, 0.6) is 0 Å². The molecule has 3 heterocycles. The SMILES string of the molecule is CCOC(=O)CNC(=O)N1CCN(c2nc(COC)nc3sc4c(c23)CCCC4)CC1. The smallest absolute Gasteiger partial charge is 0.325 e. The van der Waals surface area contributed by atoms with Gasteiger partial charge in [0.2, 0.25) is 0 Å². The molecular weight excluding hydrogens is 418 g/mol. The number of methoxy groups -OCH3 is 1. The van der Waals surface area contributed by atoms with Crippen LogP contribution in [0.3, 0.4) is 0 Å². The second-order valence-corrected chi connectivity index (χ2v) is 8.81. The molecule has 1 saturated heterocycles. The number of thiophene rings is 1. The number of hydrogen-bond donors (Lipinski definition) is 1. The number of aromatic nitrogens is 2. The number of amides is 2. The quantitative estimate of drug-likeness (QED) is 0.678. The highest BCUT2D eigenvalue weighted by atomic mass is 32.1. The number of fused-ring (bicyclic) bond motifs is 3. The maximum atomic E-state index is 12.4. The number of anilines is 1. The topological polar surface area (TPSA) is 96.9 Å². The van der Waals surface area contributed by atoms with Gasteiger partial charge in [-0.15, -0.1) is 11.3 Å². The molecule has 168 valence electrons. The lowest BCUT2D eigenvalue weighted by Gasteiger charge is -2.35. The van der Waals surface area contributed by atoms with Crippen LogP contribution in [0, 0.1) is 0 Å². The van der Waals surface area contributed by atoms with E-state index >= 15 is 0 Å². The Morgan fingerprint density at radius 2 is 1.90 bits per heavy atom. The zero-order chi connectivity index (χ0) is 21.8. The molecule has 0 saturated carbocycles. The van der Waals surface area contributed by atoms with E-state index in [1.807, 2.05) is 0 Å². The molecule has 1 aliphatic carbocycles. The van der Waals surface area contributed by atoms with Crippen LogP contribution in [0.25, 0.3) is 10.2 Å². The fraction of sp³-hybridized carbons (Fsp3) is 0.619. The molecule has 1 aliphatic heterocycles. The predicted octanol–water partition coefficient (Wildman–Crippen LogP) is 2.11. The van der Waals surface area contributed by atoms with Gasteiger partial charge < -0.3 is 24.6 Å². The standard InChI is InChI=1S/C21H29N5O4S/c1-3-30-17(27)12-22-21(28)26-10-8-25(9-11-26)19-18-14-6-4-5-7-15(14)31-20(18)24-16(23-19)13-29-2/h3-13H2,1-2H3,(H,22,28). The maximum absolute atomic E-state index is 12.4. The monoisotopic (exact) mass is 447 g/mol. The first-order valence-corrected chi connectivity index (χ1v) is 11.7. The van der Waals surface area contributed by atoms with Gasteiger partial charge in [0.05, 0.1) is 12.0 Å². The number of carbonyl (C=O) groups is 2. The Hall–Kier alpha value is -2.46. The molecule has 2 aromatic heterocycles. The van der Waals surface area contributed by atoms with Crippen molar-refractivity contribution in [1.82, 2.24) is 20.2 Å². The second-order valence-electron chi connectivity index (χ2n) is 7.73. The lowest BCUT2D eigenvalue weighted by Crippen LogP contribution is -2.52. The summed E-state index contributed by atoms with van der Waals surface area (Å²) in [6.07, 6.45) is 4.62. The van der Waals surface area contributed by atoms with Crippen LogP contribution in [0.1, 0.15) is 36.0 Å². The van der Waals surface area contributed by atoms with Crippen LogP contribution in [0.4, 0.5) is 10.6 Å². The van der Waals surface area contributed by atoms with Crippen LogP contribution in [0.15, 0.2) is 0 Å². The van der Waals surface area contributed by atoms with Gasteiger partial charge in [0.15, 0.2) is 5.82 Å². The molecule has 0 atom stereocenters. The van der Waals surface area contributed by atoms with E-state index < -0.39 is 5.97 Å². The van der Waals surface area contributed by atoms with E-state index in [4.69, 9.17) is 19.4 Å². The number of esters is 1. The molecule has 2 aliphatic rings. The highest BCUT2D eigenvalue weighted by Crippen LogP contribution is 2.40. The molecule has 31 heavy (non-hydrogen) atoms. The Morgan fingerprint density at radius 3 is 2.65 bits per heavy atom. The normalized spacial score (nSPS) is 16.3. The summed E-state index contributed by atoms with van der Waals surface area (Å²) in [6.45, 7) is 4.79. The Labute approximate surface area is 185 Å². The van der Waals surface area contributed by atoms with Crippen molar-refractivity contribution in [3.8, 4) is 0 Å². The van der Waals surface area contributed by atoms with Gasteiger partial charge >= 0.3 is 12.0 Å². The Kier molecular flexibility index (Phi) is 6.86. The van der Waals surface area contributed by atoms with E-state index in [0.717, 1.165) is 23.5 Å². The molecule has 0 spiro atoms. The van der Waals surface area contributed by atoms with Crippen molar-refractivity contribution in [3.63, 3.8) is 0 Å². The maximum Gasteiger partial charge on any atom is 0.325 e. The van der Waals surface area contributed by atoms with E-state index in [-0.39, 0.29) is 12.6 Å². The minimum absolute atomic E-state index is 0.110. The van der Waals surface area contributed by atoms with E-state index in [2.05, 4.69) is 10.2 Å². The molecule has 4 rings (SSSR count). The van der Waals surface area contributed by atoms with Gasteiger partial charge in [-0.05, 0) is 38.2 Å². The van der Waals surface area contributed by atoms with Crippen LogP contribution >= 0.6 is 11.3 Å². The van der Waals surface area contributed by atoms with Gasteiger partial charge in [-0.3, -0.25) is 4.79 Å². The highest BCUT2D eigenvalue weighted by Gasteiger charge is 2.27. The number of nitrogens with one attached hydrogen (secondary N) is 1. The van der Waals surface area contributed by atoms with E-state index in [0.29, 0.717) is 45.2 Å². The van der Waals surface area contributed by atoms with E-state index in [9.17, 15) is 9.59 Å². The third-order valence-corrected chi connectivity index (χ3v) is 6.86. The first kappa shape index (κ1) is 21.8. The van der Waals surface area contributed by atoms with Crippen molar-refractivity contribution in [2.75, 3.05) is 51.3 Å². The van der Waals surface area contributed by atoms with Crippen molar-refractivity contribution < 1.29 is 19.1 Å². The van der Waals surface area contributed by atoms with Crippen LogP contribution < -0.4 is 10.2 Å². The largest absolute Gasteiger partial charge is 0.465 e. The predicted molar refractivity (Wildman–Crippen MR) is 119 cm³/mol. The fourth-order valence-corrected chi connectivity index (χ4v) is 5.47. The van der Waals surface area contributed by atoms with E-state index in [1.165, 1.54) is 28.7 Å². The number of piperazine rings is 1. The number of ether oxygens (including phenoxy) is 2. The van der Waals surface area contributed by atoms with Gasteiger partial charge in [0, 0.05) is 38.2 Å². The number of nitrogens with zero attached hydrogens (tertiary/aromatic N) is 4. The van der Waals surface area contributed by atoms with Crippen LogP contribution in [-0.4, -0.2) is 73.3 Å². The molecule has 2 amide bonds. The van der Waals surface area contributed by atoms with Gasteiger partial charge in [0.25, 0.3) is 0 Å². The highest BCUT2D eigenvalue weighted by molar-refractivity contribution is 7.19. The average Bonchev–Trinajstić information content (AvgIpc) is 3.16. The Bertz CT molecular complexity index is 955. The summed E-state index contributed by atoms with van der Waals surface area (Å²) in [5.74, 6) is 1.23. The zero-order valence-corrected chi connectivity index (χ0v) is 18.9. The number of carbonyl (C=O) groups excluding carboxylic acids is 2. The Morgan fingerprint density at radius 1 is 1.13 bits per heavy atom. The molecule has 0 aromatic carbocycles. The molecule has 10 heteroatoms. The summed E-state index contributed by atoms with van der Waals surface area (Å²) in [4.78, 5) is 40.0. The average molecular weight is 448 g/mol. The molecule has 0 radical (unpaired) electrons. The second kappa shape index (κ2) is 9.78. The molecule has 0 bridgehead atoms. The third kappa shape index (κ3) is 4.74. The first-order valence-electron chi connectivity index (χ1n) is 10.8. The summed E-state index contributed by atoms with van der Waals surface area (Å²) in [5, 5.41) is 3.82. The number of rotatable bonds is 6. The summed E-state index contributed by atoms with van der Waals surface area (Å²) < 4.78 is 10.2. The lowest BCUT2D eigenvalue weighted by atomic mass is 9.97. The van der Waals surface area contributed by atoms with Crippen molar-refractivity contribution in [2.45, 2.75) is 39.2 Å². The van der Waals surface area contributed by atoms with Gasteiger partial charge in [-0.25, -0.2) is 14.8 Å². The van der Waals surface area contributed by atoms with Crippen molar-refractivity contribution >= 4 is 39.4 Å². The molecule has 1 fully saturated rings. The number of urea groups is 1. The third-order valence-electron chi connectivity index (χ3n) is 5.67. The molecule has 0 unspecified atom stereocenters. The zero-order valence-electron chi connectivity index (χ0n) is 18.1. The van der Waals surface area contributed by atoms with Crippen LogP contribution in [-0.2, 0) is 33.7 Å². The minimum Gasteiger partial charge on any atom is -0.465 e. The van der Waals surface area contributed by atoms with Gasteiger partial charge in [-0.2, -0.15) is 0 Å². The number of aryl methyl sites for hydroxylation is 2. The van der Waals surface area contributed by atoms with E-state index in [1.54, 1.807) is 30.3 Å². The van der Waals surface area contributed by atoms with Gasteiger partial charge in [-0.1, -0.05) is 0 Å². The molecule has 2 aromatic rings. The van der Waals surface area contributed by atoms with Crippen LogP contribution in [0.2, 0.25) is 0 Å². The fourth-order valence-electron chi connectivity index (χ4n) is 4.20. The minimum atomic E-state index is -0.425.